The number of fused-ring (bicyclic) bond motifs is 5. The van der Waals surface area contributed by atoms with Crippen molar-refractivity contribution in [1.82, 2.24) is 0 Å². The lowest BCUT2D eigenvalue weighted by atomic mass is 9.45. The minimum absolute atomic E-state index is 0.0987. The SMILES string of the molecule is C[C@]12CC[C@H](O)CC1CC[C@@H]1[C@@H]2CC[C@]2(C)C(=O)[C@@H](O)C[C@@H]12. The van der Waals surface area contributed by atoms with Crippen LogP contribution in [-0.2, 0) is 4.79 Å². The van der Waals surface area contributed by atoms with Gasteiger partial charge in [0.05, 0.1) is 6.10 Å². The van der Waals surface area contributed by atoms with Gasteiger partial charge in [0.15, 0.2) is 5.78 Å². The maximum Gasteiger partial charge on any atom is 0.167 e. The molecule has 4 aliphatic rings. The van der Waals surface area contributed by atoms with Gasteiger partial charge in [-0.05, 0) is 80.5 Å². The fourth-order valence-corrected chi connectivity index (χ4v) is 7.02. The Morgan fingerprint density at radius 3 is 2.50 bits per heavy atom. The van der Waals surface area contributed by atoms with E-state index in [0.29, 0.717) is 35.5 Å². The Labute approximate surface area is 133 Å². The van der Waals surface area contributed by atoms with Gasteiger partial charge in [0.1, 0.15) is 6.10 Å². The van der Waals surface area contributed by atoms with Crippen molar-refractivity contribution in [2.45, 2.75) is 77.4 Å². The Morgan fingerprint density at radius 1 is 0.955 bits per heavy atom. The minimum atomic E-state index is -0.715. The lowest BCUT2D eigenvalue weighted by Gasteiger charge is -2.59. The molecule has 0 saturated heterocycles. The van der Waals surface area contributed by atoms with Gasteiger partial charge in [-0.3, -0.25) is 4.79 Å². The number of ketones is 1. The summed E-state index contributed by atoms with van der Waals surface area (Å²) in [6.45, 7) is 4.57. The van der Waals surface area contributed by atoms with Crippen molar-refractivity contribution in [1.29, 1.82) is 0 Å². The third-order valence-corrected chi connectivity index (χ3v) is 8.37. The molecule has 0 aliphatic heterocycles. The third-order valence-electron chi connectivity index (χ3n) is 8.37. The predicted octanol–water partition coefficient (Wildman–Crippen LogP) is 2.93. The second-order valence-electron chi connectivity index (χ2n) is 9.16. The molecular formula is C19H30O3. The molecule has 0 bridgehead atoms. The van der Waals surface area contributed by atoms with Gasteiger partial charge in [-0.25, -0.2) is 0 Å². The second-order valence-corrected chi connectivity index (χ2v) is 9.16. The first-order valence-electron chi connectivity index (χ1n) is 9.26. The molecule has 0 radical (unpaired) electrons. The number of Topliss-reactive ketones (excluding diaryl/α,β-unsaturated/α-hetero) is 1. The first-order chi connectivity index (χ1) is 10.4. The number of carbonyl (C=O) groups is 1. The standard InChI is InChI=1S/C19H30O3/c1-18-7-5-12(20)9-11(18)3-4-13-14(18)6-8-19(2)15(13)10-16(21)17(19)22/h11-16,20-21H,3-10H2,1-2H3/t11?,12-,13+,14-,15-,16-,18-,19-/m0/s1. The van der Waals surface area contributed by atoms with E-state index in [1.165, 1.54) is 12.8 Å². The smallest absolute Gasteiger partial charge is 0.167 e. The monoisotopic (exact) mass is 306 g/mol. The number of aliphatic hydroxyl groups excluding tert-OH is 2. The van der Waals surface area contributed by atoms with Crippen LogP contribution in [0.15, 0.2) is 0 Å². The highest BCUT2D eigenvalue weighted by atomic mass is 16.3. The lowest BCUT2D eigenvalue weighted by Crippen LogP contribution is -2.54. The van der Waals surface area contributed by atoms with E-state index in [1.54, 1.807) is 0 Å². The van der Waals surface area contributed by atoms with Crippen molar-refractivity contribution in [2.75, 3.05) is 0 Å². The highest BCUT2D eigenvalue weighted by Crippen LogP contribution is 2.65. The average molecular weight is 306 g/mol. The molecule has 3 heteroatoms. The molecule has 0 aromatic heterocycles. The van der Waals surface area contributed by atoms with Crippen molar-refractivity contribution in [2.24, 2.45) is 34.5 Å². The molecule has 22 heavy (non-hydrogen) atoms. The summed E-state index contributed by atoms with van der Waals surface area (Å²) < 4.78 is 0. The first kappa shape index (κ1) is 15.1. The van der Waals surface area contributed by atoms with Crippen LogP contribution in [0.1, 0.15) is 65.2 Å². The molecule has 0 heterocycles. The second kappa shape index (κ2) is 4.80. The molecule has 8 atom stereocenters. The van der Waals surface area contributed by atoms with Gasteiger partial charge < -0.3 is 10.2 Å². The zero-order chi connectivity index (χ0) is 15.7. The molecule has 4 fully saturated rings. The van der Waals surface area contributed by atoms with Crippen molar-refractivity contribution >= 4 is 5.78 Å². The number of carbonyl (C=O) groups excluding carboxylic acids is 1. The molecule has 2 N–H and O–H groups in total. The van der Waals surface area contributed by atoms with Gasteiger partial charge in [-0.15, -0.1) is 0 Å². The van der Waals surface area contributed by atoms with Crippen LogP contribution in [0, 0.1) is 34.5 Å². The molecule has 4 rings (SSSR count). The molecule has 0 amide bonds. The van der Waals surface area contributed by atoms with Gasteiger partial charge >= 0.3 is 0 Å². The van der Waals surface area contributed by atoms with E-state index < -0.39 is 6.10 Å². The van der Waals surface area contributed by atoms with Crippen LogP contribution in [0.25, 0.3) is 0 Å². The topological polar surface area (TPSA) is 57.5 Å². The zero-order valence-corrected chi connectivity index (χ0v) is 13.9. The molecular weight excluding hydrogens is 276 g/mol. The number of hydrogen-bond acceptors (Lipinski definition) is 3. The van der Waals surface area contributed by atoms with E-state index in [0.717, 1.165) is 32.1 Å². The molecule has 4 aliphatic carbocycles. The quantitative estimate of drug-likeness (QED) is 0.723. The predicted molar refractivity (Wildman–Crippen MR) is 84.1 cm³/mol. The van der Waals surface area contributed by atoms with Crippen molar-refractivity contribution in [3.63, 3.8) is 0 Å². The fraction of sp³-hybridized carbons (Fsp3) is 0.947. The lowest BCUT2D eigenvalue weighted by molar-refractivity contribution is -0.144. The zero-order valence-electron chi connectivity index (χ0n) is 13.9. The van der Waals surface area contributed by atoms with Crippen LogP contribution in [0.2, 0.25) is 0 Å². The van der Waals surface area contributed by atoms with Gasteiger partial charge in [0, 0.05) is 5.41 Å². The van der Waals surface area contributed by atoms with Crippen LogP contribution in [-0.4, -0.2) is 28.2 Å². The summed E-state index contributed by atoms with van der Waals surface area (Å²) in [7, 11) is 0. The normalized spacial score (nSPS) is 57.9. The van der Waals surface area contributed by atoms with Gasteiger partial charge in [0.25, 0.3) is 0 Å². The van der Waals surface area contributed by atoms with Crippen molar-refractivity contribution in [3.8, 4) is 0 Å². The summed E-state index contributed by atoms with van der Waals surface area (Å²) in [6, 6.07) is 0. The van der Waals surface area contributed by atoms with Gasteiger partial charge in [-0.1, -0.05) is 13.8 Å². The van der Waals surface area contributed by atoms with Crippen LogP contribution in [0.5, 0.6) is 0 Å². The number of hydrogen-bond donors (Lipinski definition) is 2. The summed E-state index contributed by atoms with van der Waals surface area (Å²) >= 11 is 0. The van der Waals surface area contributed by atoms with E-state index in [2.05, 4.69) is 13.8 Å². The Morgan fingerprint density at radius 2 is 1.73 bits per heavy atom. The van der Waals surface area contributed by atoms with Crippen LogP contribution >= 0.6 is 0 Å². The third kappa shape index (κ3) is 1.84. The summed E-state index contributed by atoms with van der Waals surface area (Å²) in [5.41, 5.74) is 0.0814. The van der Waals surface area contributed by atoms with E-state index in [4.69, 9.17) is 0 Å². The summed E-state index contributed by atoms with van der Waals surface area (Å²) in [6.07, 6.45) is 7.43. The Hall–Kier alpha value is -0.410. The molecule has 3 nitrogen and oxygen atoms in total. The van der Waals surface area contributed by atoms with E-state index in [-0.39, 0.29) is 17.3 Å². The van der Waals surface area contributed by atoms with E-state index in [1.807, 2.05) is 0 Å². The summed E-state index contributed by atoms with van der Waals surface area (Å²) in [5.74, 6) is 2.45. The molecule has 0 spiro atoms. The Balaban J connectivity index is 1.64. The van der Waals surface area contributed by atoms with Crippen LogP contribution in [0.4, 0.5) is 0 Å². The van der Waals surface area contributed by atoms with Crippen molar-refractivity contribution < 1.29 is 15.0 Å². The van der Waals surface area contributed by atoms with E-state index in [9.17, 15) is 15.0 Å². The fourth-order valence-electron chi connectivity index (χ4n) is 7.02. The van der Waals surface area contributed by atoms with Gasteiger partial charge in [-0.2, -0.15) is 0 Å². The van der Waals surface area contributed by atoms with Crippen LogP contribution < -0.4 is 0 Å². The highest BCUT2D eigenvalue weighted by Gasteiger charge is 2.62. The first-order valence-corrected chi connectivity index (χ1v) is 9.26. The van der Waals surface area contributed by atoms with Crippen molar-refractivity contribution in [3.05, 3.63) is 0 Å². The molecule has 4 saturated carbocycles. The molecule has 1 unspecified atom stereocenters. The highest BCUT2D eigenvalue weighted by molar-refractivity contribution is 5.91. The summed E-state index contributed by atoms with van der Waals surface area (Å²) in [5, 5.41) is 20.2. The van der Waals surface area contributed by atoms with Crippen LogP contribution in [0.3, 0.4) is 0 Å². The maximum absolute atomic E-state index is 12.5. The molecule has 0 aromatic carbocycles. The number of aliphatic hydroxyl groups is 2. The Bertz CT molecular complexity index is 489. The minimum Gasteiger partial charge on any atom is -0.393 e. The molecule has 124 valence electrons. The maximum atomic E-state index is 12.5. The summed E-state index contributed by atoms with van der Waals surface area (Å²) in [4.78, 5) is 12.5. The van der Waals surface area contributed by atoms with E-state index >= 15 is 0 Å². The molecule has 0 aromatic rings. The largest absolute Gasteiger partial charge is 0.393 e. The average Bonchev–Trinajstić information content (AvgIpc) is 2.72. The number of rotatable bonds is 0. The Kier molecular flexibility index (Phi) is 3.30. The van der Waals surface area contributed by atoms with Gasteiger partial charge in [0.2, 0.25) is 0 Å².